The molecule has 1 aromatic heterocycles. The summed E-state index contributed by atoms with van der Waals surface area (Å²) in [6, 6.07) is 12.9. The highest BCUT2D eigenvalue weighted by atomic mass is 35.5. The van der Waals surface area contributed by atoms with Gasteiger partial charge in [-0.15, -0.1) is 11.3 Å². The van der Waals surface area contributed by atoms with Gasteiger partial charge in [0.15, 0.2) is 0 Å². The van der Waals surface area contributed by atoms with Gasteiger partial charge in [-0.05, 0) is 56.4 Å². The van der Waals surface area contributed by atoms with Gasteiger partial charge in [0.2, 0.25) is 0 Å². The molecule has 2 heterocycles. The summed E-state index contributed by atoms with van der Waals surface area (Å²) in [4.78, 5) is 30.9. The Morgan fingerprint density at radius 2 is 1.96 bits per heavy atom. The van der Waals surface area contributed by atoms with Crippen molar-refractivity contribution in [3.63, 3.8) is 0 Å². The minimum absolute atomic E-state index is 0.0245. The van der Waals surface area contributed by atoms with Crippen molar-refractivity contribution < 1.29 is 9.59 Å². The van der Waals surface area contributed by atoms with Crippen molar-refractivity contribution in [2.24, 2.45) is 0 Å². The lowest BCUT2D eigenvalue weighted by molar-refractivity contribution is -0.136. The highest BCUT2D eigenvalue weighted by Gasteiger charge is 2.24. The molecule has 2 aromatic carbocycles. The van der Waals surface area contributed by atoms with Crippen LogP contribution in [0.3, 0.4) is 0 Å². The molecule has 6 nitrogen and oxygen atoms in total. The van der Waals surface area contributed by atoms with Crippen LogP contribution < -0.4 is 10.6 Å². The van der Waals surface area contributed by atoms with Gasteiger partial charge in [0.05, 0.1) is 15.2 Å². The maximum atomic E-state index is 12.1. The molecule has 2 amide bonds. The van der Waals surface area contributed by atoms with E-state index in [2.05, 4.69) is 20.5 Å². The third-order valence-corrected chi connectivity index (χ3v) is 6.27. The topological polar surface area (TPSA) is 74.3 Å². The average Bonchev–Trinajstić information content (AvgIpc) is 3.29. The second-order valence-corrected chi connectivity index (χ2v) is 8.27. The zero-order chi connectivity index (χ0) is 19.7. The molecule has 4 rings (SSSR count). The number of hydrogen-bond acceptors (Lipinski definition) is 5. The second-order valence-electron chi connectivity index (χ2n) is 6.86. The van der Waals surface area contributed by atoms with Crippen LogP contribution in [0.15, 0.2) is 42.5 Å². The number of likely N-dealkylation sites (tertiary alicyclic amines) is 1. The predicted molar refractivity (Wildman–Crippen MR) is 113 cm³/mol. The quantitative estimate of drug-likeness (QED) is 0.644. The molecule has 1 saturated heterocycles. The van der Waals surface area contributed by atoms with Gasteiger partial charge in [0, 0.05) is 23.8 Å². The van der Waals surface area contributed by atoms with Gasteiger partial charge in [0.1, 0.15) is 5.01 Å². The lowest BCUT2D eigenvalue weighted by Gasteiger charge is -2.12. The van der Waals surface area contributed by atoms with Gasteiger partial charge in [-0.25, -0.2) is 4.98 Å². The summed E-state index contributed by atoms with van der Waals surface area (Å²) in [5, 5.41) is 6.95. The summed E-state index contributed by atoms with van der Waals surface area (Å²) in [5.74, 6) is -1.26. The van der Waals surface area contributed by atoms with Crippen LogP contribution in [-0.2, 0) is 9.59 Å². The molecular weight excluding hydrogens is 396 g/mol. The van der Waals surface area contributed by atoms with Crippen LogP contribution in [0.1, 0.15) is 6.42 Å². The minimum atomic E-state index is -0.658. The van der Waals surface area contributed by atoms with E-state index in [-0.39, 0.29) is 6.04 Å². The highest BCUT2D eigenvalue weighted by molar-refractivity contribution is 7.22. The number of hydrogen-bond donors (Lipinski definition) is 2. The number of halogens is 1. The average molecular weight is 415 g/mol. The molecule has 1 fully saturated rings. The van der Waals surface area contributed by atoms with Crippen LogP contribution >= 0.6 is 22.9 Å². The number of carbonyl (C=O) groups excluding carboxylic acids is 2. The second kappa shape index (κ2) is 7.87. The zero-order valence-corrected chi connectivity index (χ0v) is 16.8. The first kappa shape index (κ1) is 18.9. The number of thiazole rings is 1. The van der Waals surface area contributed by atoms with E-state index < -0.39 is 11.8 Å². The summed E-state index contributed by atoms with van der Waals surface area (Å²) in [6.07, 6.45) is 0.858. The molecule has 0 saturated carbocycles. The normalized spacial score (nSPS) is 17.0. The Kier molecular flexibility index (Phi) is 5.30. The van der Waals surface area contributed by atoms with Crippen LogP contribution in [0.4, 0.5) is 5.69 Å². The Bertz CT molecular complexity index is 1030. The first-order valence-electron chi connectivity index (χ1n) is 8.95. The smallest absolute Gasteiger partial charge is 0.313 e. The molecule has 3 aromatic rings. The monoisotopic (exact) mass is 414 g/mol. The summed E-state index contributed by atoms with van der Waals surface area (Å²) in [5.41, 5.74) is 2.35. The van der Waals surface area contributed by atoms with Crippen LogP contribution in [0.5, 0.6) is 0 Å². The van der Waals surface area contributed by atoms with Crippen LogP contribution in [0.25, 0.3) is 20.8 Å². The van der Waals surface area contributed by atoms with Crippen LogP contribution in [0.2, 0.25) is 5.02 Å². The van der Waals surface area contributed by atoms with Gasteiger partial charge < -0.3 is 15.5 Å². The van der Waals surface area contributed by atoms with E-state index in [1.165, 1.54) is 11.3 Å². The van der Waals surface area contributed by atoms with Crippen molar-refractivity contribution in [1.82, 2.24) is 15.2 Å². The lowest BCUT2D eigenvalue weighted by atomic mass is 10.2. The zero-order valence-electron chi connectivity index (χ0n) is 15.2. The SMILES string of the molecule is CN1CCC(NC(=O)C(=O)Nc2ccc(-c3nc4cccc(Cl)c4s3)cc2)C1. The summed E-state index contributed by atoms with van der Waals surface area (Å²) in [7, 11) is 1.99. The number of carbonyl (C=O) groups is 2. The molecule has 0 radical (unpaired) electrons. The molecule has 0 bridgehead atoms. The fraction of sp³-hybridized carbons (Fsp3) is 0.250. The maximum absolute atomic E-state index is 12.1. The Morgan fingerprint density at radius 1 is 1.18 bits per heavy atom. The summed E-state index contributed by atoms with van der Waals surface area (Å²) < 4.78 is 0.950. The van der Waals surface area contributed by atoms with E-state index in [0.717, 1.165) is 40.3 Å². The van der Waals surface area contributed by atoms with E-state index in [0.29, 0.717) is 10.7 Å². The van der Waals surface area contributed by atoms with Crippen molar-refractivity contribution in [3.8, 4) is 10.6 Å². The fourth-order valence-corrected chi connectivity index (χ4v) is 4.49. The number of amides is 2. The number of rotatable bonds is 3. The van der Waals surface area contributed by atoms with Crippen molar-refractivity contribution in [1.29, 1.82) is 0 Å². The number of benzene rings is 2. The Labute approximate surface area is 171 Å². The standard InChI is InChI=1S/C20H19ClN4O2S/c1-25-10-9-14(11-25)23-19(27)18(26)22-13-7-5-12(6-8-13)20-24-16-4-2-3-15(21)17(16)28-20/h2-8,14H,9-11H2,1H3,(H,22,26)(H,23,27). The van der Waals surface area contributed by atoms with Gasteiger partial charge >= 0.3 is 11.8 Å². The van der Waals surface area contributed by atoms with Gasteiger partial charge in [-0.1, -0.05) is 17.7 Å². The van der Waals surface area contributed by atoms with Crippen molar-refractivity contribution in [2.75, 3.05) is 25.5 Å². The first-order chi connectivity index (χ1) is 13.5. The van der Waals surface area contributed by atoms with Crippen LogP contribution in [0, 0.1) is 0 Å². The van der Waals surface area contributed by atoms with Crippen molar-refractivity contribution in [2.45, 2.75) is 12.5 Å². The summed E-state index contributed by atoms with van der Waals surface area (Å²) >= 11 is 7.74. The number of nitrogens with one attached hydrogen (secondary N) is 2. The van der Waals surface area contributed by atoms with E-state index in [1.54, 1.807) is 12.1 Å². The highest BCUT2D eigenvalue weighted by Crippen LogP contribution is 2.34. The van der Waals surface area contributed by atoms with Gasteiger partial charge in [-0.2, -0.15) is 0 Å². The molecule has 1 aliphatic heterocycles. The Balaban J connectivity index is 1.42. The van der Waals surface area contributed by atoms with E-state index >= 15 is 0 Å². The number of aromatic nitrogens is 1. The molecule has 144 valence electrons. The maximum Gasteiger partial charge on any atom is 0.313 e. The molecule has 1 aliphatic rings. The molecule has 1 unspecified atom stereocenters. The van der Waals surface area contributed by atoms with Gasteiger partial charge in [0.25, 0.3) is 0 Å². The number of anilines is 1. The molecule has 8 heteroatoms. The molecular formula is C20H19ClN4O2S. The number of likely N-dealkylation sites (N-methyl/N-ethyl adjacent to an activating group) is 1. The van der Waals surface area contributed by atoms with Crippen LogP contribution in [-0.4, -0.2) is 47.9 Å². The van der Waals surface area contributed by atoms with E-state index in [9.17, 15) is 9.59 Å². The van der Waals surface area contributed by atoms with Crippen molar-refractivity contribution >= 4 is 50.7 Å². The lowest BCUT2D eigenvalue weighted by Crippen LogP contribution is -2.42. The minimum Gasteiger partial charge on any atom is -0.344 e. The molecule has 0 spiro atoms. The predicted octanol–water partition coefficient (Wildman–Crippen LogP) is 3.38. The first-order valence-corrected chi connectivity index (χ1v) is 10.1. The summed E-state index contributed by atoms with van der Waals surface area (Å²) in [6.45, 7) is 1.69. The largest absolute Gasteiger partial charge is 0.344 e. The Hall–Kier alpha value is -2.48. The van der Waals surface area contributed by atoms with Crippen molar-refractivity contribution in [3.05, 3.63) is 47.5 Å². The van der Waals surface area contributed by atoms with E-state index in [4.69, 9.17) is 11.6 Å². The van der Waals surface area contributed by atoms with E-state index in [1.807, 2.05) is 37.4 Å². The fourth-order valence-electron chi connectivity index (χ4n) is 3.23. The number of fused-ring (bicyclic) bond motifs is 1. The molecule has 1 atom stereocenters. The third-order valence-electron chi connectivity index (χ3n) is 4.69. The molecule has 0 aliphatic carbocycles. The van der Waals surface area contributed by atoms with Gasteiger partial charge in [-0.3, -0.25) is 9.59 Å². The molecule has 2 N–H and O–H groups in total. The Morgan fingerprint density at radius 3 is 2.64 bits per heavy atom. The third kappa shape index (κ3) is 4.01. The number of nitrogens with zero attached hydrogens (tertiary/aromatic N) is 2. The molecule has 28 heavy (non-hydrogen) atoms.